The van der Waals surface area contributed by atoms with Gasteiger partial charge in [-0.15, -0.1) is 0 Å². The molecule has 10 N–H and O–H groups in total. The van der Waals surface area contributed by atoms with Gasteiger partial charge in [0.1, 0.15) is 12.1 Å². The second kappa shape index (κ2) is 13.6. The number of carbonyl (C=O) groups excluding carboxylic acids is 3. The molecule has 0 saturated heterocycles. The summed E-state index contributed by atoms with van der Waals surface area (Å²) in [5, 5.41) is 33.3. The minimum atomic E-state index is -1.59. The number of aromatic amines is 2. The van der Waals surface area contributed by atoms with Crippen molar-refractivity contribution in [2.24, 2.45) is 11.5 Å². The molecule has 2 heterocycles. The lowest BCUT2D eigenvalue weighted by atomic mass is 10.0. The molecule has 4 aromatic rings. The summed E-state index contributed by atoms with van der Waals surface area (Å²) in [7, 11) is 0. The molecule has 0 fully saturated rings. The number of phenols is 2. The topological polar surface area (TPSA) is 224 Å². The van der Waals surface area contributed by atoms with Gasteiger partial charge >= 0.3 is 0 Å². The molecule has 0 spiro atoms. The molecule has 0 aliphatic carbocycles. The van der Waals surface area contributed by atoms with E-state index in [4.69, 9.17) is 11.5 Å². The lowest BCUT2D eigenvalue weighted by molar-refractivity contribution is -0.157. The molecule has 4 atom stereocenters. The molecule has 43 heavy (non-hydrogen) atoms. The highest BCUT2D eigenvalue weighted by molar-refractivity contribution is 9.10. The van der Waals surface area contributed by atoms with Gasteiger partial charge < -0.3 is 42.1 Å². The lowest BCUT2D eigenvalue weighted by Gasteiger charge is -2.29. The maximum atomic E-state index is 14.0. The molecule has 4 rings (SSSR count). The van der Waals surface area contributed by atoms with E-state index in [1.54, 1.807) is 12.3 Å². The Bertz CT molecular complexity index is 1640. The SMILES string of the molecule is C[C@@H](O)[C@H](N)C(=O)N(C(=O)[C@H](Cc1cnc[nH]1)N/C=C\c1c[nH]c2cc(Br)ccc12)C(=O)[C@@H](N)Cc1ccc(O)c(O)c1. The first-order valence-electron chi connectivity index (χ1n) is 13.2. The van der Waals surface area contributed by atoms with Crippen molar-refractivity contribution in [2.75, 3.05) is 0 Å². The van der Waals surface area contributed by atoms with Crippen molar-refractivity contribution < 1.29 is 29.7 Å². The van der Waals surface area contributed by atoms with Gasteiger partial charge in [-0.1, -0.05) is 28.1 Å². The zero-order valence-corrected chi connectivity index (χ0v) is 24.7. The van der Waals surface area contributed by atoms with Gasteiger partial charge in [0.2, 0.25) is 0 Å². The lowest BCUT2D eigenvalue weighted by Crippen LogP contribution is -2.61. The number of H-pyrrole nitrogens is 2. The van der Waals surface area contributed by atoms with Crippen molar-refractivity contribution in [3.05, 3.63) is 82.6 Å². The smallest absolute Gasteiger partial charge is 0.258 e. The Kier molecular flexibility index (Phi) is 9.98. The van der Waals surface area contributed by atoms with E-state index >= 15 is 0 Å². The first-order valence-corrected chi connectivity index (χ1v) is 14.0. The van der Waals surface area contributed by atoms with Crippen molar-refractivity contribution in [1.29, 1.82) is 0 Å². The summed E-state index contributed by atoms with van der Waals surface area (Å²) in [6, 6.07) is 5.47. The summed E-state index contributed by atoms with van der Waals surface area (Å²) >= 11 is 3.44. The normalized spacial score (nSPS) is 14.3. The Hall–Kier alpha value is -4.50. The summed E-state index contributed by atoms with van der Waals surface area (Å²) in [6.07, 6.45) is 6.45. The second-order valence-corrected chi connectivity index (χ2v) is 10.9. The van der Waals surface area contributed by atoms with Crippen LogP contribution in [0.5, 0.6) is 11.5 Å². The van der Waals surface area contributed by atoms with Gasteiger partial charge in [0.25, 0.3) is 17.7 Å². The summed E-state index contributed by atoms with van der Waals surface area (Å²) in [5.74, 6) is -3.91. The number of aromatic hydroxyl groups is 2. The molecule has 0 saturated carbocycles. The molecular weight excluding hydrogens is 622 g/mol. The van der Waals surface area contributed by atoms with Crippen LogP contribution in [0, 0.1) is 0 Å². The van der Waals surface area contributed by atoms with E-state index in [9.17, 15) is 29.7 Å². The Labute approximate surface area is 254 Å². The third-order valence-corrected chi connectivity index (χ3v) is 7.29. The van der Waals surface area contributed by atoms with Crippen LogP contribution in [0.4, 0.5) is 0 Å². The van der Waals surface area contributed by atoms with Crippen LogP contribution >= 0.6 is 15.9 Å². The van der Waals surface area contributed by atoms with Crippen molar-refractivity contribution >= 4 is 50.6 Å². The van der Waals surface area contributed by atoms with Gasteiger partial charge in [0.15, 0.2) is 11.5 Å². The summed E-state index contributed by atoms with van der Waals surface area (Å²) in [5.41, 5.74) is 14.7. The molecule has 2 aromatic carbocycles. The third kappa shape index (κ3) is 7.48. The number of aliphatic hydroxyl groups is 1. The van der Waals surface area contributed by atoms with Crippen molar-refractivity contribution in [1.82, 2.24) is 25.2 Å². The number of rotatable bonds is 11. The number of carbonyl (C=O) groups is 3. The van der Waals surface area contributed by atoms with E-state index in [1.165, 1.54) is 43.8 Å². The highest BCUT2D eigenvalue weighted by Crippen LogP contribution is 2.26. The average Bonchev–Trinajstić information content (AvgIpc) is 3.63. The number of nitrogens with two attached hydrogens (primary N) is 2. The number of hydrogen-bond acceptors (Lipinski definition) is 10. The number of imide groups is 3. The minimum Gasteiger partial charge on any atom is -0.504 e. The van der Waals surface area contributed by atoms with Crippen molar-refractivity contribution in [3.63, 3.8) is 0 Å². The molecule has 0 bridgehead atoms. The molecule has 2 aromatic heterocycles. The van der Waals surface area contributed by atoms with E-state index in [1.807, 2.05) is 18.2 Å². The molecule has 226 valence electrons. The number of hydrogen-bond donors (Lipinski definition) is 8. The summed E-state index contributed by atoms with van der Waals surface area (Å²) in [4.78, 5) is 51.3. The monoisotopic (exact) mass is 653 g/mol. The highest BCUT2D eigenvalue weighted by atomic mass is 79.9. The van der Waals surface area contributed by atoms with Gasteiger partial charge in [-0.2, -0.15) is 0 Å². The fourth-order valence-corrected chi connectivity index (χ4v) is 4.75. The maximum absolute atomic E-state index is 14.0. The quantitative estimate of drug-likeness (QED) is 0.109. The Balaban J connectivity index is 1.63. The van der Waals surface area contributed by atoms with E-state index < -0.39 is 47.7 Å². The first-order chi connectivity index (χ1) is 20.5. The molecule has 13 nitrogen and oxygen atoms in total. The number of fused-ring (bicyclic) bond motifs is 1. The molecular formula is C29H32BrN7O6. The first kappa shape index (κ1) is 31.4. The zero-order valence-electron chi connectivity index (χ0n) is 23.1. The standard InChI is InChI=1S/C29H32BrN7O6/c1-15(38)26(32)29(43)37(27(41)21(31)8-16-2-5-24(39)25(40)9-16)28(42)23(11-19-13-33-14-36-19)34-7-6-17-12-35-22-10-18(30)3-4-20(17)22/h2-7,9-10,12-15,21,23,26,34-35,38-40H,8,11,31-32H2,1H3,(H,33,36)/b7-6-/t15-,21+,23+,26+/m1/s1. The Morgan fingerprint density at radius 1 is 1.05 bits per heavy atom. The van der Waals surface area contributed by atoms with Crippen LogP contribution in [-0.2, 0) is 27.2 Å². The predicted molar refractivity (Wildman–Crippen MR) is 162 cm³/mol. The number of amides is 3. The van der Waals surface area contributed by atoms with E-state index in [-0.39, 0.29) is 18.6 Å². The third-order valence-electron chi connectivity index (χ3n) is 6.79. The number of nitrogens with zero attached hydrogens (tertiary/aromatic N) is 2. The van der Waals surface area contributed by atoms with Crippen LogP contribution in [-0.4, -0.2) is 77.1 Å². The number of aliphatic hydroxyl groups excluding tert-OH is 1. The van der Waals surface area contributed by atoms with Crippen LogP contribution < -0.4 is 16.8 Å². The van der Waals surface area contributed by atoms with Crippen LogP contribution in [0.3, 0.4) is 0 Å². The van der Waals surface area contributed by atoms with E-state index in [2.05, 4.69) is 36.2 Å². The zero-order chi connectivity index (χ0) is 31.3. The van der Waals surface area contributed by atoms with Crippen LogP contribution in [0.25, 0.3) is 17.0 Å². The number of nitrogens with one attached hydrogen (secondary N) is 3. The van der Waals surface area contributed by atoms with Crippen LogP contribution in [0.15, 0.2) is 65.8 Å². The largest absolute Gasteiger partial charge is 0.504 e. The average molecular weight is 655 g/mol. The predicted octanol–water partition coefficient (Wildman–Crippen LogP) is 1.40. The molecule has 0 aliphatic heterocycles. The number of aromatic nitrogens is 3. The molecule has 0 radical (unpaired) electrons. The summed E-state index contributed by atoms with van der Waals surface area (Å²) < 4.78 is 0.908. The fourth-order valence-electron chi connectivity index (χ4n) is 4.39. The van der Waals surface area contributed by atoms with Gasteiger partial charge in [-0.05, 0) is 55.4 Å². The van der Waals surface area contributed by atoms with E-state index in [0.717, 1.165) is 20.9 Å². The van der Waals surface area contributed by atoms with Gasteiger partial charge in [0.05, 0.1) is 18.5 Å². The fraction of sp³-hybridized carbons (Fsp3) is 0.241. The molecule has 14 heteroatoms. The van der Waals surface area contributed by atoms with Gasteiger partial charge in [0, 0.05) is 45.4 Å². The Morgan fingerprint density at radius 2 is 1.81 bits per heavy atom. The van der Waals surface area contributed by atoms with Crippen LogP contribution in [0.1, 0.15) is 23.7 Å². The Morgan fingerprint density at radius 3 is 2.49 bits per heavy atom. The van der Waals surface area contributed by atoms with E-state index in [0.29, 0.717) is 16.2 Å². The van der Waals surface area contributed by atoms with Crippen molar-refractivity contribution in [3.8, 4) is 11.5 Å². The number of halogens is 1. The van der Waals surface area contributed by atoms with Crippen molar-refractivity contribution in [2.45, 2.75) is 44.0 Å². The molecule has 3 amide bonds. The van der Waals surface area contributed by atoms with Gasteiger partial charge in [-0.3, -0.25) is 14.4 Å². The number of phenolic OH excluding ortho intramolecular Hbond substituents is 2. The highest BCUT2D eigenvalue weighted by Gasteiger charge is 2.39. The second-order valence-electron chi connectivity index (χ2n) is 10.0. The number of benzene rings is 2. The molecule has 0 unspecified atom stereocenters. The minimum absolute atomic E-state index is 0.00601. The number of imidazole rings is 1. The summed E-state index contributed by atoms with van der Waals surface area (Å²) in [6.45, 7) is 1.26. The maximum Gasteiger partial charge on any atom is 0.258 e. The van der Waals surface area contributed by atoms with Gasteiger partial charge in [-0.25, -0.2) is 9.88 Å². The van der Waals surface area contributed by atoms with Crippen LogP contribution in [0.2, 0.25) is 0 Å². The molecule has 0 aliphatic rings.